The highest BCUT2D eigenvalue weighted by molar-refractivity contribution is 5.48. The molecule has 0 aromatic heterocycles. The van der Waals surface area contributed by atoms with Crippen molar-refractivity contribution in [2.24, 2.45) is 5.92 Å². The van der Waals surface area contributed by atoms with Gasteiger partial charge in [0, 0.05) is 24.8 Å². The summed E-state index contributed by atoms with van der Waals surface area (Å²) in [5.74, 6) is 0.831. The van der Waals surface area contributed by atoms with E-state index in [1.54, 1.807) is 0 Å². The first-order valence-corrected chi connectivity index (χ1v) is 6.15. The molecule has 1 aliphatic rings. The Kier molecular flexibility index (Phi) is 3.20. The second kappa shape index (κ2) is 4.46. The van der Waals surface area contributed by atoms with E-state index in [4.69, 9.17) is 5.73 Å². The number of nitrogen functional groups attached to an aromatic ring is 1. The van der Waals surface area contributed by atoms with Crippen LogP contribution in [-0.4, -0.2) is 17.5 Å². The predicted molar refractivity (Wildman–Crippen MR) is 69.2 cm³/mol. The summed E-state index contributed by atoms with van der Waals surface area (Å²) in [5.41, 5.74) is 9.36. The lowest BCUT2D eigenvalue weighted by atomic mass is 10.1. The average Bonchev–Trinajstić information content (AvgIpc) is 2.51. The van der Waals surface area contributed by atoms with Crippen LogP contribution in [0.15, 0.2) is 18.2 Å². The van der Waals surface area contributed by atoms with Gasteiger partial charge in [-0.2, -0.15) is 0 Å². The molecule has 2 nitrogen and oxygen atoms in total. The molecule has 1 fully saturated rings. The molecular weight excluding hydrogens is 196 g/mol. The number of nitrogens with two attached hydrogens (primary N) is 1. The molecule has 2 atom stereocenters. The van der Waals surface area contributed by atoms with Crippen molar-refractivity contribution in [3.05, 3.63) is 29.3 Å². The highest BCUT2D eigenvalue weighted by Gasteiger charge is 2.25. The van der Waals surface area contributed by atoms with Gasteiger partial charge in [-0.05, 0) is 43.4 Å². The van der Waals surface area contributed by atoms with Crippen LogP contribution in [0.3, 0.4) is 0 Å². The lowest BCUT2D eigenvalue weighted by Gasteiger charge is -2.21. The first-order chi connectivity index (χ1) is 7.56. The number of benzene rings is 1. The number of likely N-dealkylation sites (tertiary alicyclic amines) is 1. The van der Waals surface area contributed by atoms with E-state index in [-0.39, 0.29) is 0 Å². The molecule has 88 valence electrons. The molecule has 16 heavy (non-hydrogen) atoms. The molecule has 0 spiro atoms. The Hall–Kier alpha value is -1.02. The number of hydrogen-bond donors (Lipinski definition) is 1. The Labute approximate surface area is 98.4 Å². The Morgan fingerprint density at radius 3 is 2.69 bits per heavy atom. The van der Waals surface area contributed by atoms with Gasteiger partial charge in [-0.3, -0.25) is 4.90 Å². The minimum Gasteiger partial charge on any atom is -0.399 e. The van der Waals surface area contributed by atoms with Crippen LogP contribution in [0.5, 0.6) is 0 Å². The molecule has 2 rings (SSSR count). The van der Waals surface area contributed by atoms with Gasteiger partial charge in [0.25, 0.3) is 0 Å². The Morgan fingerprint density at radius 2 is 2.12 bits per heavy atom. The molecule has 2 N–H and O–H groups in total. The van der Waals surface area contributed by atoms with E-state index in [9.17, 15) is 0 Å². The molecule has 0 amide bonds. The molecule has 0 bridgehead atoms. The maximum absolute atomic E-state index is 5.94. The summed E-state index contributed by atoms with van der Waals surface area (Å²) >= 11 is 0. The summed E-state index contributed by atoms with van der Waals surface area (Å²) in [4.78, 5) is 2.55. The number of nitrogens with zero attached hydrogens (tertiary/aromatic N) is 1. The fourth-order valence-electron chi connectivity index (χ4n) is 2.63. The molecule has 2 unspecified atom stereocenters. The van der Waals surface area contributed by atoms with E-state index in [1.807, 2.05) is 0 Å². The largest absolute Gasteiger partial charge is 0.399 e. The van der Waals surface area contributed by atoms with E-state index in [2.05, 4.69) is 43.9 Å². The van der Waals surface area contributed by atoms with Crippen molar-refractivity contribution in [1.82, 2.24) is 4.90 Å². The van der Waals surface area contributed by atoms with Crippen molar-refractivity contribution in [1.29, 1.82) is 0 Å². The Bertz CT molecular complexity index is 373. The van der Waals surface area contributed by atoms with Crippen LogP contribution < -0.4 is 5.73 Å². The van der Waals surface area contributed by atoms with Gasteiger partial charge in [0.1, 0.15) is 0 Å². The number of rotatable bonds is 2. The molecule has 0 aliphatic carbocycles. The van der Waals surface area contributed by atoms with Gasteiger partial charge in [0.05, 0.1) is 0 Å². The van der Waals surface area contributed by atoms with E-state index in [1.165, 1.54) is 24.1 Å². The summed E-state index contributed by atoms with van der Waals surface area (Å²) in [6.45, 7) is 8.96. The summed E-state index contributed by atoms with van der Waals surface area (Å²) in [5, 5.41) is 0. The first kappa shape index (κ1) is 11.5. The third-order valence-electron chi connectivity index (χ3n) is 3.64. The van der Waals surface area contributed by atoms with Gasteiger partial charge < -0.3 is 5.73 Å². The smallest absolute Gasteiger partial charge is 0.0346 e. The van der Waals surface area contributed by atoms with Crippen molar-refractivity contribution >= 4 is 5.69 Å². The van der Waals surface area contributed by atoms with E-state index >= 15 is 0 Å². The summed E-state index contributed by atoms with van der Waals surface area (Å²) < 4.78 is 0. The fraction of sp³-hybridized carbons (Fsp3) is 0.571. The zero-order chi connectivity index (χ0) is 11.7. The van der Waals surface area contributed by atoms with Gasteiger partial charge in [-0.15, -0.1) is 0 Å². The topological polar surface area (TPSA) is 29.3 Å². The molecule has 1 aliphatic heterocycles. The zero-order valence-electron chi connectivity index (χ0n) is 10.5. The predicted octanol–water partition coefficient (Wildman–Crippen LogP) is 2.81. The molecule has 1 aromatic carbocycles. The maximum Gasteiger partial charge on any atom is 0.0346 e. The highest BCUT2D eigenvalue weighted by Crippen LogP contribution is 2.25. The highest BCUT2D eigenvalue weighted by atomic mass is 15.2. The van der Waals surface area contributed by atoms with Crippen LogP contribution in [0.2, 0.25) is 0 Å². The van der Waals surface area contributed by atoms with Crippen LogP contribution in [0.1, 0.15) is 31.4 Å². The summed E-state index contributed by atoms with van der Waals surface area (Å²) in [6, 6.07) is 7.14. The van der Waals surface area contributed by atoms with Gasteiger partial charge in [0.15, 0.2) is 0 Å². The summed E-state index contributed by atoms with van der Waals surface area (Å²) in [7, 11) is 0. The molecule has 2 heteroatoms. The number of aryl methyl sites for hydroxylation is 1. The molecule has 1 heterocycles. The van der Waals surface area contributed by atoms with Crippen LogP contribution in [0, 0.1) is 12.8 Å². The third-order valence-corrected chi connectivity index (χ3v) is 3.64. The van der Waals surface area contributed by atoms with Gasteiger partial charge in [-0.1, -0.05) is 19.1 Å². The maximum atomic E-state index is 5.94. The molecule has 1 saturated heterocycles. The fourth-order valence-corrected chi connectivity index (χ4v) is 2.63. The minimum atomic E-state index is 0.706. The molecule has 0 radical (unpaired) electrons. The minimum absolute atomic E-state index is 0.706. The molecule has 1 aromatic rings. The first-order valence-electron chi connectivity index (χ1n) is 6.15. The van der Waals surface area contributed by atoms with Crippen LogP contribution in [0.25, 0.3) is 0 Å². The van der Waals surface area contributed by atoms with E-state index in [0.717, 1.165) is 18.2 Å². The lowest BCUT2D eigenvalue weighted by molar-refractivity contribution is 0.256. The van der Waals surface area contributed by atoms with Crippen molar-refractivity contribution in [2.45, 2.75) is 39.8 Å². The van der Waals surface area contributed by atoms with Crippen molar-refractivity contribution < 1.29 is 0 Å². The van der Waals surface area contributed by atoms with Crippen LogP contribution in [-0.2, 0) is 6.54 Å². The lowest BCUT2D eigenvalue weighted by Crippen LogP contribution is -2.26. The monoisotopic (exact) mass is 218 g/mol. The van der Waals surface area contributed by atoms with Crippen molar-refractivity contribution in [2.75, 3.05) is 12.3 Å². The number of anilines is 1. The SMILES string of the molecule is Cc1ccc(CN2CC(C)CC2C)cc1N. The van der Waals surface area contributed by atoms with E-state index < -0.39 is 0 Å². The standard InChI is InChI=1S/C14H22N2/c1-10-6-12(3)16(8-10)9-13-5-4-11(2)14(15)7-13/h4-5,7,10,12H,6,8-9,15H2,1-3H3. The Balaban J connectivity index is 2.06. The third kappa shape index (κ3) is 2.38. The van der Waals surface area contributed by atoms with Crippen molar-refractivity contribution in [3.63, 3.8) is 0 Å². The zero-order valence-corrected chi connectivity index (χ0v) is 10.5. The Morgan fingerprint density at radius 1 is 1.38 bits per heavy atom. The second-order valence-electron chi connectivity index (χ2n) is 5.31. The quantitative estimate of drug-likeness (QED) is 0.773. The van der Waals surface area contributed by atoms with Gasteiger partial charge in [0.2, 0.25) is 0 Å². The van der Waals surface area contributed by atoms with Crippen molar-refractivity contribution in [3.8, 4) is 0 Å². The normalized spacial score (nSPS) is 26.2. The van der Waals surface area contributed by atoms with Crippen LogP contribution in [0.4, 0.5) is 5.69 Å². The van der Waals surface area contributed by atoms with E-state index in [0.29, 0.717) is 6.04 Å². The molecular formula is C14H22N2. The molecule has 0 saturated carbocycles. The van der Waals surface area contributed by atoms with Gasteiger partial charge in [-0.25, -0.2) is 0 Å². The number of hydrogen-bond acceptors (Lipinski definition) is 2. The van der Waals surface area contributed by atoms with Crippen LogP contribution >= 0.6 is 0 Å². The summed E-state index contributed by atoms with van der Waals surface area (Å²) in [6.07, 6.45) is 1.32. The van der Waals surface area contributed by atoms with Gasteiger partial charge >= 0.3 is 0 Å². The second-order valence-corrected chi connectivity index (χ2v) is 5.31. The average molecular weight is 218 g/mol.